The van der Waals surface area contributed by atoms with E-state index in [0.717, 1.165) is 55.4 Å². The summed E-state index contributed by atoms with van der Waals surface area (Å²) in [5.74, 6) is 2.82. The van der Waals surface area contributed by atoms with Crippen LogP contribution in [0.5, 0.6) is 11.5 Å². The Kier molecular flexibility index (Phi) is 8.26. The lowest BCUT2D eigenvalue weighted by molar-refractivity contribution is -0.135. The van der Waals surface area contributed by atoms with Crippen LogP contribution in [-0.4, -0.2) is 63.7 Å². The minimum atomic E-state index is -0.143. The second kappa shape index (κ2) is 10.9. The molecule has 0 radical (unpaired) electrons. The molecule has 1 heterocycles. The predicted octanol–water partition coefficient (Wildman–Crippen LogP) is 3.33. The Morgan fingerprint density at radius 1 is 1.12 bits per heavy atom. The minimum absolute atomic E-state index is 0.143. The number of benzene rings is 1. The zero-order chi connectivity index (χ0) is 23.1. The number of rotatable bonds is 7. The van der Waals surface area contributed by atoms with Gasteiger partial charge in [-0.25, -0.2) is 0 Å². The second-order valence-corrected chi connectivity index (χ2v) is 9.63. The van der Waals surface area contributed by atoms with Crippen LogP contribution in [0.1, 0.15) is 57.9 Å². The van der Waals surface area contributed by atoms with Gasteiger partial charge in [-0.2, -0.15) is 0 Å². The van der Waals surface area contributed by atoms with Crippen molar-refractivity contribution >= 4 is 11.9 Å². The first kappa shape index (κ1) is 24.2. The topological polar surface area (TPSA) is 75.2 Å². The molecule has 1 atom stereocenters. The minimum Gasteiger partial charge on any atom is -0.493 e. The SMILES string of the molecule is CN=C(NCC(C)(C)c1ccc(OC)c(OC)c1)NC1CCN(C(=O)C2CCCCC2)C1. The summed E-state index contributed by atoms with van der Waals surface area (Å²) in [6.45, 7) is 6.68. The molecule has 1 saturated heterocycles. The molecule has 0 bridgehead atoms. The zero-order valence-corrected chi connectivity index (χ0v) is 20.4. The maximum atomic E-state index is 12.8. The van der Waals surface area contributed by atoms with Gasteiger partial charge in [0.1, 0.15) is 0 Å². The first-order valence-corrected chi connectivity index (χ1v) is 11.9. The first-order valence-electron chi connectivity index (χ1n) is 11.9. The van der Waals surface area contributed by atoms with Gasteiger partial charge in [-0.3, -0.25) is 9.79 Å². The summed E-state index contributed by atoms with van der Waals surface area (Å²) >= 11 is 0. The zero-order valence-electron chi connectivity index (χ0n) is 20.4. The Morgan fingerprint density at radius 2 is 1.84 bits per heavy atom. The number of nitrogens with one attached hydrogen (secondary N) is 2. The van der Waals surface area contributed by atoms with E-state index in [1.165, 1.54) is 19.3 Å². The molecule has 32 heavy (non-hydrogen) atoms. The van der Waals surface area contributed by atoms with Crippen LogP contribution in [-0.2, 0) is 10.2 Å². The van der Waals surface area contributed by atoms with Gasteiger partial charge in [-0.05, 0) is 37.0 Å². The van der Waals surface area contributed by atoms with Gasteiger partial charge in [0.05, 0.1) is 14.2 Å². The Hall–Kier alpha value is -2.44. The number of methoxy groups -OCH3 is 2. The molecular formula is C25H40N4O3. The summed E-state index contributed by atoms with van der Waals surface area (Å²) in [7, 11) is 5.09. The van der Waals surface area contributed by atoms with E-state index in [2.05, 4.69) is 40.4 Å². The van der Waals surface area contributed by atoms with Crippen LogP contribution in [0.15, 0.2) is 23.2 Å². The van der Waals surface area contributed by atoms with Gasteiger partial charge in [-0.1, -0.05) is 39.2 Å². The van der Waals surface area contributed by atoms with Crippen LogP contribution in [0.2, 0.25) is 0 Å². The third-order valence-corrected chi connectivity index (χ3v) is 6.88. The molecule has 1 aromatic rings. The number of aliphatic imine (C=N–C) groups is 1. The van der Waals surface area contributed by atoms with Gasteiger partial charge in [-0.15, -0.1) is 0 Å². The smallest absolute Gasteiger partial charge is 0.225 e. The summed E-state index contributed by atoms with van der Waals surface area (Å²) in [6, 6.07) is 6.28. The Morgan fingerprint density at radius 3 is 2.50 bits per heavy atom. The van der Waals surface area contributed by atoms with E-state index in [-0.39, 0.29) is 17.4 Å². The molecule has 2 fully saturated rings. The van der Waals surface area contributed by atoms with E-state index in [4.69, 9.17) is 9.47 Å². The maximum Gasteiger partial charge on any atom is 0.225 e. The Balaban J connectivity index is 1.53. The quantitative estimate of drug-likeness (QED) is 0.498. The van der Waals surface area contributed by atoms with Crippen molar-refractivity contribution in [2.24, 2.45) is 10.9 Å². The van der Waals surface area contributed by atoms with Crippen LogP contribution < -0.4 is 20.1 Å². The number of carbonyl (C=O) groups excluding carboxylic acids is 1. The lowest BCUT2D eigenvalue weighted by Crippen LogP contribution is -2.48. The highest BCUT2D eigenvalue weighted by Gasteiger charge is 2.32. The Labute approximate surface area is 192 Å². The summed E-state index contributed by atoms with van der Waals surface area (Å²) < 4.78 is 10.8. The molecule has 2 N–H and O–H groups in total. The number of ether oxygens (including phenoxy) is 2. The third-order valence-electron chi connectivity index (χ3n) is 6.88. The average molecular weight is 445 g/mol. The highest BCUT2D eigenvalue weighted by Crippen LogP contribution is 2.33. The van der Waals surface area contributed by atoms with E-state index in [1.807, 2.05) is 12.1 Å². The van der Waals surface area contributed by atoms with Crippen molar-refractivity contribution < 1.29 is 14.3 Å². The molecule has 1 aromatic carbocycles. The monoisotopic (exact) mass is 444 g/mol. The van der Waals surface area contributed by atoms with Gasteiger partial charge in [0.25, 0.3) is 0 Å². The highest BCUT2D eigenvalue weighted by molar-refractivity contribution is 5.81. The van der Waals surface area contributed by atoms with E-state index >= 15 is 0 Å². The molecule has 1 unspecified atom stereocenters. The fourth-order valence-corrected chi connectivity index (χ4v) is 4.74. The molecule has 178 valence electrons. The molecule has 1 aliphatic carbocycles. The largest absolute Gasteiger partial charge is 0.493 e. The van der Waals surface area contributed by atoms with Crippen LogP contribution in [0, 0.1) is 5.92 Å². The molecule has 1 aliphatic heterocycles. The average Bonchev–Trinajstić information content (AvgIpc) is 3.29. The van der Waals surface area contributed by atoms with E-state index in [9.17, 15) is 4.79 Å². The number of guanidine groups is 1. The van der Waals surface area contributed by atoms with Gasteiger partial charge in [0.15, 0.2) is 17.5 Å². The third kappa shape index (κ3) is 5.87. The fraction of sp³-hybridized carbons (Fsp3) is 0.680. The van der Waals surface area contributed by atoms with Crippen molar-refractivity contribution in [3.05, 3.63) is 23.8 Å². The van der Waals surface area contributed by atoms with Gasteiger partial charge in [0, 0.05) is 44.1 Å². The number of amides is 1. The van der Waals surface area contributed by atoms with Crippen molar-refractivity contribution in [2.45, 2.75) is 63.8 Å². The van der Waals surface area contributed by atoms with Gasteiger partial charge < -0.3 is 25.0 Å². The first-order chi connectivity index (χ1) is 15.4. The lowest BCUT2D eigenvalue weighted by atomic mass is 9.84. The summed E-state index contributed by atoms with van der Waals surface area (Å²) in [6.07, 6.45) is 6.73. The molecular weight excluding hydrogens is 404 g/mol. The van der Waals surface area contributed by atoms with Crippen LogP contribution in [0.4, 0.5) is 0 Å². The van der Waals surface area contributed by atoms with Crippen molar-refractivity contribution in [3.63, 3.8) is 0 Å². The van der Waals surface area contributed by atoms with Crippen molar-refractivity contribution in [1.29, 1.82) is 0 Å². The van der Waals surface area contributed by atoms with Crippen molar-refractivity contribution in [2.75, 3.05) is 40.9 Å². The standard InChI is InChI=1S/C25H40N4O3/c1-25(2,19-11-12-21(31-4)22(15-19)32-5)17-27-24(26-3)28-20-13-14-29(16-20)23(30)18-9-7-6-8-10-18/h11-12,15,18,20H,6-10,13-14,16-17H2,1-5H3,(H2,26,27,28). The maximum absolute atomic E-state index is 12.8. The molecule has 0 spiro atoms. The molecule has 7 nitrogen and oxygen atoms in total. The number of likely N-dealkylation sites (tertiary alicyclic amines) is 1. The number of carbonyl (C=O) groups is 1. The van der Waals surface area contributed by atoms with E-state index in [1.54, 1.807) is 21.3 Å². The lowest BCUT2D eigenvalue weighted by Gasteiger charge is -2.28. The Bertz CT molecular complexity index is 802. The summed E-state index contributed by atoms with van der Waals surface area (Å²) in [4.78, 5) is 19.3. The normalized spacial score (nSPS) is 20.2. The summed E-state index contributed by atoms with van der Waals surface area (Å²) in [5.41, 5.74) is 1.01. The predicted molar refractivity (Wildman–Crippen MR) is 129 cm³/mol. The fourth-order valence-electron chi connectivity index (χ4n) is 4.74. The van der Waals surface area contributed by atoms with Crippen molar-refractivity contribution in [1.82, 2.24) is 15.5 Å². The molecule has 2 aliphatic rings. The second-order valence-electron chi connectivity index (χ2n) is 9.63. The molecule has 1 saturated carbocycles. The number of nitrogens with zero attached hydrogens (tertiary/aromatic N) is 2. The van der Waals surface area contributed by atoms with Gasteiger partial charge >= 0.3 is 0 Å². The number of hydrogen-bond donors (Lipinski definition) is 2. The van der Waals surface area contributed by atoms with E-state index in [0.29, 0.717) is 12.5 Å². The molecule has 1 amide bonds. The van der Waals surface area contributed by atoms with Crippen LogP contribution >= 0.6 is 0 Å². The molecule has 3 rings (SSSR count). The molecule has 0 aromatic heterocycles. The molecule has 7 heteroatoms. The van der Waals surface area contributed by atoms with Crippen molar-refractivity contribution in [3.8, 4) is 11.5 Å². The van der Waals surface area contributed by atoms with Crippen LogP contribution in [0.3, 0.4) is 0 Å². The number of hydrogen-bond acceptors (Lipinski definition) is 4. The van der Waals surface area contributed by atoms with Gasteiger partial charge in [0.2, 0.25) is 5.91 Å². The highest BCUT2D eigenvalue weighted by atomic mass is 16.5. The summed E-state index contributed by atoms with van der Waals surface area (Å²) in [5, 5.41) is 6.99. The van der Waals surface area contributed by atoms with E-state index < -0.39 is 0 Å². The van der Waals surface area contributed by atoms with Crippen LogP contribution in [0.25, 0.3) is 0 Å².